The Bertz CT molecular complexity index is 473. The van der Waals surface area contributed by atoms with E-state index in [1.807, 2.05) is 36.4 Å². The predicted octanol–water partition coefficient (Wildman–Crippen LogP) is 4.68. The number of benzene rings is 2. The molecule has 2 rings (SSSR count). The fourth-order valence-electron chi connectivity index (χ4n) is 2.01. The van der Waals surface area contributed by atoms with Crippen LogP contribution in [-0.4, -0.2) is 8.07 Å². The third kappa shape index (κ3) is 3.23. The van der Waals surface area contributed by atoms with E-state index < -0.39 is 8.07 Å². The standard InChI is InChI=1S/C16H20OSi/c1-18(2,3)16(14-10-6-4-7-11-14)17-15-12-8-5-9-13-15/h4-13,16H,1-3H3. The number of ether oxygens (including phenoxy) is 1. The molecular weight excluding hydrogens is 236 g/mol. The molecule has 2 heteroatoms. The molecule has 1 unspecified atom stereocenters. The van der Waals surface area contributed by atoms with Crippen molar-refractivity contribution in [3.63, 3.8) is 0 Å². The van der Waals surface area contributed by atoms with Crippen molar-refractivity contribution < 1.29 is 4.74 Å². The molecule has 0 saturated carbocycles. The molecule has 0 saturated heterocycles. The van der Waals surface area contributed by atoms with Crippen molar-refractivity contribution in [2.45, 2.75) is 25.4 Å². The fourth-order valence-corrected chi connectivity index (χ4v) is 3.69. The summed E-state index contributed by atoms with van der Waals surface area (Å²) < 4.78 is 6.23. The van der Waals surface area contributed by atoms with Gasteiger partial charge in [0, 0.05) is 0 Å². The highest BCUT2D eigenvalue weighted by atomic mass is 28.3. The minimum Gasteiger partial charge on any atom is -0.490 e. The van der Waals surface area contributed by atoms with Crippen molar-refractivity contribution in [1.29, 1.82) is 0 Å². The zero-order chi connectivity index (χ0) is 13.0. The van der Waals surface area contributed by atoms with Crippen LogP contribution in [0.4, 0.5) is 0 Å². The Morgan fingerprint density at radius 3 is 1.78 bits per heavy atom. The van der Waals surface area contributed by atoms with E-state index in [9.17, 15) is 0 Å². The lowest BCUT2D eigenvalue weighted by Crippen LogP contribution is -2.35. The zero-order valence-electron chi connectivity index (χ0n) is 11.3. The van der Waals surface area contributed by atoms with Gasteiger partial charge in [0.15, 0.2) is 0 Å². The van der Waals surface area contributed by atoms with Gasteiger partial charge in [0.1, 0.15) is 11.5 Å². The van der Waals surface area contributed by atoms with Crippen LogP contribution in [0, 0.1) is 0 Å². The molecule has 0 amide bonds. The van der Waals surface area contributed by atoms with E-state index in [4.69, 9.17) is 4.74 Å². The van der Waals surface area contributed by atoms with Crippen LogP contribution in [-0.2, 0) is 0 Å². The van der Waals surface area contributed by atoms with Crippen molar-refractivity contribution >= 4 is 8.07 Å². The highest BCUT2D eigenvalue weighted by Crippen LogP contribution is 2.29. The summed E-state index contributed by atoms with van der Waals surface area (Å²) in [6.45, 7) is 7.02. The lowest BCUT2D eigenvalue weighted by molar-refractivity contribution is 0.276. The molecule has 0 fully saturated rings. The molecule has 0 bridgehead atoms. The molecule has 94 valence electrons. The molecule has 0 aliphatic heterocycles. The Kier molecular flexibility index (Phi) is 3.87. The molecule has 0 N–H and O–H groups in total. The maximum absolute atomic E-state index is 6.23. The predicted molar refractivity (Wildman–Crippen MR) is 79.6 cm³/mol. The van der Waals surface area contributed by atoms with Crippen molar-refractivity contribution in [3.8, 4) is 5.75 Å². The Morgan fingerprint density at radius 2 is 1.28 bits per heavy atom. The normalized spacial score (nSPS) is 13.1. The van der Waals surface area contributed by atoms with Crippen LogP contribution in [0.2, 0.25) is 19.6 Å². The molecule has 1 nitrogen and oxygen atoms in total. The quantitative estimate of drug-likeness (QED) is 0.721. The molecular formula is C16H20OSi. The van der Waals surface area contributed by atoms with Crippen LogP contribution < -0.4 is 4.74 Å². The van der Waals surface area contributed by atoms with Gasteiger partial charge in [0.05, 0.1) is 8.07 Å². The Balaban J connectivity index is 2.28. The molecule has 0 aromatic heterocycles. The first-order chi connectivity index (χ1) is 8.57. The summed E-state index contributed by atoms with van der Waals surface area (Å²) in [5.74, 6) is 0.953. The summed E-state index contributed by atoms with van der Waals surface area (Å²) in [5, 5.41) is 0. The first kappa shape index (κ1) is 12.9. The minimum atomic E-state index is -1.43. The second kappa shape index (κ2) is 5.40. The van der Waals surface area contributed by atoms with Crippen LogP contribution >= 0.6 is 0 Å². The van der Waals surface area contributed by atoms with Gasteiger partial charge in [-0.25, -0.2) is 0 Å². The third-order valence-corrected chi connectivity index (χ3v) is 4.91. The topological polar surface area (TPSA) is 9.23 Å². The maximum Gasteiger partial charge on any atom is 0.119 e. The summed E-state index contributed by atoms with van der Waals surface area (Å²) in [7, 11) is -1.43. The van der Waals surface area contributed by atoms with Crippen molar-refractivity contribution in [3.05, 3.63) is 66.2 Å². The smallest absolute Gasteiger partial charge is 0.119 e. The molecule has 2 aromatic carbocycles. The summed E-state index contributed by atoms with van der Waals surface area (Å²) in [6.07, 6.45) is 0. The number of hydrogen-bond acceptors (Lipinski definition) is 1. The molecule has 0 aliphatic carbocycles. The van der Waals surface area contributed by atoms with Crippen LogP contribution in [0.3, 0.4) is 0 Å². The molecule has 1 atom stereocenters. The Hall–Kier alpha value is -1.54. The van der Waals surface area contributed by atoms with Gasteiger partial charge in [-0.05, 0) is 17.7 Å². The highest BCUT2D eigenvalue weighted by molar-refractivity contribution is 6.77. The summed E-state index contributed by atoms with van der Waals surface area (Å²) in [5.41, 5.74) is 1.47. The van der Waals surface area contributed by atoms with Gasteiger partial charge in [-0.1, -0.05) is 68.2 Å². The van der Waals surface area contributed by atoms with E-state index in [0.717, 1.165) is 5.75 Å². The van der Waals surface area contributed by atoms with Crippen molar-refractivity contribution in [1.82, 2.24) is 0 Å². The lowest BCUT2D eigenvalue weighted by atomic mass is 10.2. The van der Waals surface area contributed by atoms with Gasteiger partial charge in [-0.15, -0.1) is 0 Å². The summed E-state index contributed by atoms with van der Waals surface area (Å²) in [6, 6.07) is 20.6. The van der Waals surface area contributed by atoms with E-state index in [0.29, 0.717) is 0 Å². The molecule has 0 heterocycles. The van der Waals surface area contributed by atoms with Crippen LogP contribution in [0.25, 0.3) is 0 Å². The van der Waals surface area contributed by atoms with Crippen molar-refractivity contribution in [2.75, 3.05) is 0 Å². The third-order valence-electron chi connectivity index (χ3n) is 2.89. The highest BCUT2D eigenvalue weighted by Gasteiger charge is 2.30. The monoisotopic (exact) mass is 256 g/mol. The maximum atomic E-state index is 6.23. The number of para-hydroxylation sites is 1. The van der Waals surface area contributed by atoms with E-state index in [2.05, 4.69) is 43.9 Å². The van der Waals surface area contributed by atoms with Crippen molar-refractivity contribution in [2.24, 2.45) is 0 Å². The molecule has 2 aromatic rings. The second-order valence-corrected chi connectivity index (χ2v) is 10.8. The van der Waals surface area contributed by atoms with Gasteiger partial charge < -0.3 is 4.74 Å². The fraction of sp³-hybridized carbons (Fsp3) is 0.250. The van der Waals surface area contributed by atoms with Gasteiger partial charge in [0.2, 0.25) is 0 Å². The van der Waals surface area contributed by atoms with Crippen LogP contribution in [0.1, 0.15) is 11.3 Å². The SMILES string of the molecule is C[Si](C)(C)C(Oc1ccccc1)c1ccccc1. The van der Waals surface area contributed by atoms with Gasteiger partial charge in [-0.2, -0.15) is 0 Å². The summed E-state index contributed by atoms with van der Waals surface area (Å²) >= 11 is 0. The average molecular weight is 256 g/mol. The Morgan fingerprint density at radius 1 is 0.778 bits per heavy atom. The first-order valence-electron chi connectivity index (χ1n) is 6.34. The lowest BCUT2D eigenvalue weighted by Gasteiger charge is -2.30. The molecule has 0 aliphatic rings. The largest absolute Gasteiger partial charge is 0.490 e. The number of rotatable bonds is 4. The Labute approximate surface area is 110 Å². The van der Waals surface area contributed by atoms with Gasteiger partial charge in [-0.3, -0.25) is 0 Å². The molecule has 0 spiro atoms. The zero-order valence-corrected chi connectivity index (χ0v) is 12.3. The van der Waals surface area contributed by atoms with Gasteiger partial charge in [0.25, 0.3) is 0 Å². The molecule has 0 radical (unpaired) electrons. The van der Waals surface area contributed by atoms with E-state index >= 15 is 0 Å². The first-order valence-corrected chi connectivity index (χ1v) is 9.92. The molecule has 18 heavy (non-hydrogen) atoms. The van der Waals surface area contributed by atoms with Gasteiger partial charge >= 0.3 is 0 Å². The number of hydrogen-bond donors (Lipinski definition) is 0. The van der Waals surface area contributed by atoms with E-state index in [1.54, 1.807) is 0 Å². The minimum absolute atomic E-state index is 0.195. The summed E-state index contributed by atoms with van der Waals surface area (Å²) in [4.78, 5) is 0. The van der Waals surface area contributed by atoms with Crippen LogP contribution in [0.15, 0.2) is 60.7 Å². The average Bonchev–Trinajstić information content (AvgIpc) is 2.37. The van der Waals surface area contributed by atoms with Crippen LogP contribution in [0.5, 0.6) is 5.75 Å². The van der Waals surface area contributed by atoms with E-state index in [1.165, 1.54) is 5.56 Å². The second-order valence-electron chi connectivity index (χ2n) is 5.59. The van der Waals surface area contributed by atoms with E-state index in [-0.39, 0.29) is 5.73 Å².